The number of nitrogens with zero attached hydrogens (tertiary/aromatic N) is 1. The highest BCUT2D eigenvalue weighted by molar-refractivity contribution is 5.95. The van der Waals surface area contributed by atoms with E-state index in [1.165, 1.54) is 0 Å². The van der Waals surface area contributed by atoms with Crippen LogP contribution in [0.5, 0.6) is 11.5 Å². The molecule has 0 fully saturated rings. The molecule has 1 aromatic heterocycles. The van der Waals surface area contributed by atoms with Gasteiger partial charge in [0.05, 0.1) is 19.8 Å². The Morgan fingerprint density at radius 1 is 1.07 bits per heavy atom. The molecule has 30 heavy (non-hydrogen) atoms. The Hall–Kier alpha value is -2.96. The number of hydrogen-bond acceptors (Lipinski definition) is 5. The van der Waals surface area contributed by atoms with E-state index in [9.17, 15) is 9.59 Å². The lowest BCUT2D eigenvalue weighted by Crippen LogP contribution is -2.36. The number of carbonyl (C=O) groups excluding carboxylic acids is 2. The lowest BCUT2D eigenvalue weighted by molar-refractivity contribution is -0.121. The summed E-state index contributed by atoms with van der Waals surface area (Å²) in [5, 5.41) is 2.92. The number of nitrogens with one attached hydrogen (secondary N) is 1. The minimum absolute atomic E-state index is 0.0792. The molecule has 0 bridgehead atoms. The monoisotopic (exact) mass is 416 g/mol. The predicted molar refractivity (Wildman–Crippen MR) is 115 cm³/mol. The van der Waals surface area contributed by atoms with Crippen molar-refractivity contribution in [3.63, 3.8) is 0 Å². The van der Waals surface area contributed by atoms with Crippen molar-refractivity contribution in [1.82, 2.24) is 10.2 Å². The smallest absolute Gasteiger partial charge is 0.257 e. The van der Waals surface area contributed by atoms with Crippen LogP contribution in [0.2, 0.25) is 0 Å². The zero-order valence-corrected chi connectivity index (χ0v) is 18.5. The van der Waals surface area contributed by atoms with E-state index in [1.54, 1.807) is 32.1 Å². The first-order chi connectivity index (χ1) is 14.4. The van der Waals surface area contributed by atoms with Gasteiger partial charge in [-0.05, 0) is 50.5 Å². The van der Waals surface area contributed by atoms with Gasteiger partial charge in [0, 0.05) is 26.1 Å². The Kier molecular flexibility index (Phi) is 8.77. The molecular weight excluding hydrogens is 384 g/mol. The molecule has 0 radical (unpaired) electrons. The Morgan fingerprint density at radius 3 is 2.40 bits per heavy atom. The second-order valence-electron chi connectivity index (χ2n) is 7.16. The van der Waals surface area contributed by atoms with Gasteiger partial charge in [0.2, 0.25) is 5.91 Å². The summed E-state index contributed by atoms with van der Waals surface area (Å²) in [5.74, 6) is 2.49. The van der Waals surface area contributed by atoms with Crippen molar-refractivity contribution in [2.75, 3.05) is 33.9 Å². The molecule has 1 heterocycles. The topological polar surface area (TPSA) is 81.0 Å². The Balaban J connectivity index is 1.84. The van der Waals surface area contributed by atoms with E-state index >= 15 is 0 Å². The maximum absolute atomic E-state index is 12.8. The number of aryl methyl sites for hydroxylation is 2. The summed E-state index contributed by atoms with van der Waals surface area (Å²) < 4.78 is 16.0. The minimum atomic E-state index is -0.0932. The molecule has 7 heteroatoms. The molecule has 0 unspecified atom stereocenters. The van der Waals surface area contributed by atoms with Crippen LogP contribution in [0.3, 0.4) is 0 Å². The minimum Gasteiger partial charge on any atom is -0.493 e. The fourth-order valence-corrected chi connectivity index (χ4v) is 3.31. The molecule has 1 aromatic carbocycles. The highest BCUT2D eigenvalue weighted by atomic mass is 16.5. The largest absolute Gasteiger partial charge is 0.493 e. The van der Waals surface area contributed by atoms with E-state index in [-0.39, 0.29) is 18.2 Å². The number of methoxy groups -OCH3 is 2. The van der Waals surface area contributed by atoms with Crippen molar-refractivity contribution in [2.24, 2.45) is 0 Å². The van der Waals surface area contributed by atoms with Crippen LogP contribution in [0.1, 0.15) is 47.2 Å². The van der Waals surface area contributed by atoms with Gasteiger partial charge in [0.15, 0.2) is 11.5 Å². The summed E-state index contributed by atoms with van der Waals surface area (Å²) in [6.45, 7) is 7.10. The lowest BCUT2D eigenvalue weighted by atomic mass is 10.1. The molecule has 7 nitrogen and oxygen atoms in total. The van der Waals surface area contributed by atoms with E-state index in [2.05, 4.69) is 5.32 Å². The molecule has 0 aliphatic carbocycles. The third kappa shape index (κ3) is 6.27. The van der Waals surface area contributed by atoms with Crippen molar-refractivity contribution >= 4 is 11.8 Å². The molecule has 0 aliphatic heterocycles. The average molecular weight is 417 g/mol. The summed E-state index contributed by atoms with van der Waals surface area (Å²) in [6.07, 6.45) is 1.76. The first-order valence-corrected chi connectivity index (χ1v) is 10.2. The number of benzene rings is 1. The van der Waals surface area contributed by atoms with Gasteiger partial charge < -0.3 is 24.1 Å². The second kappa shape index (κ2) is 11.3. The number of furan rings is 1. The number of amides is 2. The van der Waals surface area contributed by atoms with Crippen LogP contribution in [0.25, 0.3) is 0 Å². The van der Waals surface area contributed by atoms with Crippen molar-refractivity contribution in [2.45, 2.75) is 40.0 Å². The Labute approximate surface area is 178 Å². The van der Waals surface area contributed by atoms with E-state index in [1.807, 2.05) is 32.0 Å². The summed E-state index contributed by atoms with van der Waals surface area (Å²) in [7, 11) is 3.19. The zero-order valence-electron chi connectivity index (χ0n) is 18.5. The lowest BCUT2D eigenvalue weighted by Gasteiger charge is -2.21. The maximum Gasteiger partial charge on any atom is 0.257 e. The number of carbonyl (C=O) groups is 2. The molecule has 2 rings (SSSR count). The molecule has 0 saturated heterocycles. The van der Waals surface area contributed by atoms with Gasteiger partial charge in [0.1, 0.15) is 11.5 Å². The quantitative estimate of drug-likeness (QED) is 0.606. The van der Waals surface area contributed by atoms with Crippen LogP contribution in [0, 0.1) is 13.8 Å². The molecule has 0 atom stereocenters. The Bertz CT molecular complexity index is 859. The number of ether oxygens (including phenoxy) is 2. The third-order valence-corrected chi connectivity index (χ3v) is 4.84. The van der Waals surface area contributed by atoms with Gasteiger partial charge in [-0.1, -0.05) is 13.0 Å². The molecule has 0 aliphatic rings. The average Bonchev–Trinajstić information content (AvgIpc) is 3.08. The first-order valence-electron chi connectivity index (χ1n) is 10.2. The summed E-state index contributed by atoms with van der Waals surface area (Å²) in [6, 6.07) is 7.46. The molecule has 0 spiro atoms. The number of hydrogen-bond donors (Lipinski definition) is 1. The van der Waals surface area contributed by atoms with E-state index in [0.717, 1.165) is 12.0 Å². The maximum atomic E-state index is 12.8. The van der Waals surface area contributed by atoms with Crippen molar-refractivity contribution < 1.29 is 23.5 Å². The van der Waals surface area contributed by atoms with Gasteiger partial charge in [-0.15, -0.1) is 0 Å². The van der Waals surface area contributed by atoms with Crippen molar-refractivity contribution in [3.8, 4) is 11.5 Å². The normalized spacial score (nSPS) is 10.6. The highest BCUT2D eigenvalue weighted by Gasteiger charge is 2.20. The molecule has 0 saturated carbocycles. The second-order valence-corrected chi connectivity index (χ2v) is 7.16. The standard InChI is InChI=1S/C23H32N2O5/c1-6-12-25(23(27)19-14-16(2)30-17(19)3)13-10-22(26)24-11-9-18-7-8-20(28-4)21(15-18)29-5/h7-8,14-15H,6,9-13H2,1-5H3,(H,24,26). The van der Waals surface area contributed by atoms with Crippen molar-refractivity contribution in [1.29, 1.82) is 0 Å². The number of rotatable bonds is 11. The summed E-state index contributed by atoms with van der Waals surface area (Å²) in [4.78, 5) is 26.8. The fraction of sp³-hybridized carbons (Fsp3) is 0.478. The van der Waals surface area contributed by atoms with Crippen LogP contribution in [0.15, 0.2) is 28.7 Å². The van der Waals surface area contributed by atoms with Gasteiger partial charge in [0.25, 0.3) is 5.91 Å². The van der Waals surface area contributed by atoms with Crippen LogP contribution in [-0.2, 0) is 11.2 Å². The van der Waals surface area contributed by atoms with Gasteiger partial charge in [-0.2, -0.15) is 0 Å². The summed E-state index contributed by atoms with van der Waals surface area (Å²) >= 11 is 0. The predicted octanol–water partition coefficient (Wildman–Crippen LogP) is 3.51. The first kappa shape index (κ1) is 23.3. The Morgan fingerprint density at radius 2 is 1.80 bits per heavy atom. The van der Waals surface area contributed by atoms with E-state index in [4.69, 9.17) is 13.9 Å². The molecular formula is C23H32N2O5. The van der Waals surface area contributed by atoms with E-state index in [0.29, 0.717) is 54.6 Å². The molecule has 2 aromatic rings. The van der Waals surface area contributed by atoms with Crippen molar-refractivity contribution in [3.05, 3.63) is 46.9 Å². The summed E-state index contributed by atoms with van der Waals surface area (Å²) in [5.41, 5.74) is 1.61. The molecule has 164 valence electrons. The highest BCUT2D eigenvalue weighted by Crippen LogP contribution is 2.27. The van der Waals surface area contributed by atoms with Gasteiger partial charge in [-0.25, -0.2) is 0 Å². The van der Waals surface area contributed by atoms with Gasteiger partial charge in [-0.3, -0.25) is 9.59 Å². The zero-order chi connectivity index (χ0) is 22.1. The SMILES string of the molecule is CCCN(CCC(=O)NCCc1ccc(OC)c(OC)c1)C(=O)c1cc(C)oc1C. The van der Waals surface area contributed by atoms with Crippen LogP contribution < -0.4 is 14.8 Å². The van der Waals surface area contributed by atoms with E-state index < -0.39 is 0 Å². The van der Waals surface area contributed by atoms with Crippen LogP contribution >= 0.6 is 0 Å². The third-order valence-electron chi connectivity index (χ3n) is 4.84. The fourth-order valence-electron chi connectivity index (χ4n) is 3.31. The van der Waals surface area contributed by atoms with Crippen LogP contribution in [-0.4, -0.2) is 50.6 Å². The molecule has 1 N–H and O–H groups in total. The van der Waals surface area contributed by atoms with Gasteiger partial charge >= 0.3 is 0 Å². The van der Waals surface area contributed by atoms with Crippen LogP contribution in [0.4, 0.5) is 0 Å². The molecule has 2 amide bonds.